The first kappa shape index (κ1) is 25.3. The van der Waals surface area contributed by atoms with E-state index in [9.17, 15) is 0 Å². The molecule has 0 aliphatic heterocycles. The van der Waals surface area contributed by atoms with E-state index in [0.717, 1.165) is 0 Å². The Bertz CT molecular complexity index is 480. The zero-order chi connectivity index (χ0) is 13.5. The molecule has 0 aromatic rings. The van der Waals surface area contributed by atoms with Gasteiger partial charge in [0, 0.05) is 0 Å². The second-order valence-corrected chi connectivity index (χ2v) is 4.68. The summed E-state index contributed by atoms with van der Waals surface area (Å²) in [5, 5.41) is 0. The van der Waals surface area contributed by atoms with Crippen LogP contribution in [0, 0.1) is 0 Å². The van der Waals surface area contributed by atoms with Crippen molar-refractivity contribution in [2.75, 3.05) is 0 Å². The number of hydrogen-bond acceptors (Lipinski definition) is 12. The van der Waals surface area contributed by atoms with Crippen molar-refractivity contribution in [3.05, 3.63) is 0 Å². The zero-order valence-electron chi connectivity index (χ0n) is 6.48. The first-order valence-corrected chi connectivity index (χ1v) is 7.63. The maximum absolute atomic E-state index is 8.58. The molecule has 98 valence electrons. The molecule has 0 radical (unpaired) electrons. The summed E-state index contributed by atoms with van der Waals surface area (Å²) in [5.41, 5.74) is 0. The fourth-order valence-corrected chi connectivity index (χ4v) is 0. The summed E-state index contributed by atoms with van der Waals surface area (Å²) in [6.07, 6.45) is 0. The van der Waals surface area contributed by atoms with Crippen molar-refractivity contribution in [2.24, 2.45) is 0 Å². The third-order valence-corrected chi connectivity index (χ3v) is 0. The monoisotopic (exact) mass is 450 g/mol. The van der Waals surface area contributed by atoms with E-state index in [2.05, 4.69) is 0 Å². The molecule has 0 aromatic carbocycles. The maximum atomic E-state index is 8.58. The van der Waals surface area contributed by atoms with Crippen LogP contribution in [0.15, 0.2) is 0 Å². The topological polar surface area (TPSA) is 223 Å². The average Bonchev–Trinajstić information content (AvgIpc) is 1.41. The molecule has 0 unspecified atom stereocenters. The fraction of sp³-hybridized carbons (Fsp3) is 0. The summed E-state index contributed by atoms with van der Waals surface area (Å²) in [5.74, 6) is 0. The van der Waals surface area contributed by atoms with E-state index in [4.69, 9.17) is 47.1 Å². The molecule has 0 bridgehead atoms. The Morgan fingerprint density at radius 3 is 0.438 bits per heavy atom. The zero-order valence-corrected chi connectivity index (χ0v) is 12.2. The molecule has 0 spiro atoms. The van der Waals surface area contributed by atoms with Crippen LogP contribution in [-0.4, -0.2) is 0 Å². The van der Waals surface area contributed by atoms with Gasteiger partial charge in [-0.05, 0) is 0 Å². The molecule has 0 atom stereocenters. The van der Waals surface area contributed by atoms with Crippen LogP contribution in [0.25, 0.3) is 0 Å². The van der Waals surface area contributed by atoms with Crippen LogP contribution < -0.4 is 12.6 Å². The van der Waals surface area contributed by atoms with Crippen LogP contribution in [0.4, 0.5) is 0 Å². The molecule has 0 N–H and O–H groups in total. The Morgan fingerprint density at radius 1 is 0.438 bits per heavy atom. The number of rotatable bonds is 0. The van der Waals surface area contributed by atoms with E-state index in [1.54, 1.807) is 0 Å². The van der Waals surface area contributed by atoms with Gasteiger partial charge in [-0.3, -0.25) is 0 Å². The van der Waals surface area contributed by atoms with Gasteiger partial charge in [0.15, 0.2) is 0 Å². The standard InChI is InChI=1S/3Mn.Nb.12O/q;;;+3;;;;;;;;;;3*-1. The first-order chi connectivity index (χ1) is 6.00. The molecule has 0 fully saturated rings. The summed E-state index contributed by atoms with van der Waals surface area (Å²) in [4.78, 5) is 0. The minimum atomic E-state index is -5.62. The predicted molar refractivity (Wildman–Crippen MR) is 6.18 cm³/mol. The molecule has 16 heteroatoms. The van der Waals surface area contributed by atoms with Gasteiger partial charge in [0.25, 0.3) is 0 Å². The van der Waals surface area contributed by atoms with Gasteiger partial charge in [-0.2, -0.15) is 0 Å². The van der Waals surface area contributed by atoms with Crippen molar-refractivity contribution in [2.45, 2.75) is 0 Å². The van der Waals surface area contributed by atoms with Crippen LogP contribution in [0.1, 0.15) is 0 Å². The van der Waals surface area contributed by atoms with Crippen molar-refractivity contribution in [1.82, 2.24) is 0 Å². The van der Waals surface area contributed by atoms with Crippen molar-refractivity contribution < 1.29 is 108 Å². The summed E-state index contributed by atoms with van der Waals surface area (Å²) in [6.45, 7) is 0. The van der Waals surface area contributed by atoms with Crippen molar-refractivity contribution in [3.8, 4) is 0 Å². The van der Waals surface area contributed by atoms with Gasteiger partial charge in [-0.1, -0.05) is 0 Å². The van der Waals surface area contributed by atoms with Gasteiger partial charge in [-0.15, -0.1) is 0 Å². The average molecular weight is 450 g/mol. The molecule has 0 rings (SSSR count). The van der Waals surface area contributed by atoms with Gasteiger partial charge >= 0.3 is 108 Å². The van der Waals surface area contributed by atoms with Gasteiger partial charge in [-0.25, -0.2) is 0 Å². The van der Waals surface area contributed by atoms with Crippen LogP contribution in [0.3, 0.4) is 0 Å². The Balaban J connectivity index is -0.0000000655. The molecule has 12 nitrogen and oxygen atoms in total. The Morgan fingerprint density at radius 2 is 0.438 bits per heavy atom. The molecule has 0 saturated carbocycles. The SMILES string of the molecule is [Nb+3].[O]=[Mn](=[O])(=[O])[O-].[O]=[Mn](=[O])(=[O])[O-].[O]=[Mn](=[O])(=[O])[O-]. The quantitative estimate of drug-likeness (QED) is 0.318. The Kier molecular flexibility index (Phi) is 14.9. The van der Waals surface area contributed by atoms with Gasteiger partial charge in [0.05, 0.1) is 0 Å². The van der Waals surface area contributed by atoms with Crippen molar-refractivity contribution in [3.63, 3.8) is 0 Å². The van der Waals surface area contributed by atoms with E-state index < -0.39 is 38.9 Å². The molecule has 16 heavy (non-hydrogen) atoms. The van der Waals surface area contributed by atoms with Crippen LogP contribution in [0.2, 0.25) is 0 Å². The number of hydrogen-bond donors (Lipinski definition) is 0. The van der Waals surface area contributed by atoms with Gasteiger partial charge < -0.3 is 0 Å². The normalized spacial score (nSPS) is 10.7. The van der Waals surface area contributed by atoms with Crippen LogP contribution in [-0.2, 0) is 95.8 Å². The molecule has 0 amide bonds. The second-order valence-electron chi connectivity index (χ2n) is 1.13. The van der Waals surface area contributed by atoms with Crippen molar-refractivity contribution >= 4 is 0 Å². The first-order valence-electron chi connectivity index (χ1n) is 1.85. The van der Waals surface area contributed by atoms with Crippen LogP contribution >= 0.6 is 0 Å². The third-order valence-electron chi connectivity index (χ3n) is 0. The third kappa shape index (κ3) is 17900. The second kappa shape index (κ2) is 9.41. The molecule has 0 heterocycles. The van der Waals surface area contributed by atoms with Gasteiger partial charge in [0.2, 0.25) is 0 Å². The Labute approximate surface area is 108 Å². The van der Waals surface area contributed by atoms with Crippen LogP contribution in [0.5, 0.6) is 0 Å². The summed E-state index contributed by atoms with van der Waals surface area (Å²) >= 11 is -16.9. The predicted octanol–water partition coefficient (Wildman–Crippen LogP) is -4.65. The van der Waals surface area contributed by atoms with E-state index in [-0.39, 0.29) is 22.4 Å². The summed E-state index contributed by atoms with van der Waals surface area (Å²) < 4.78 is 103. The van der Waals surface area contributed by atoms with E-state index in [1.165, 1.54) is 0 Å². The minimum absolute atomic E-state index is 0. The molecule has 0 aliphatic carbocycles. The van der Waals surface area contributed by atoms with Gasteiger partial charge in [0.1, 0.15) is 0 Å². The van der Waals surface area contributed by atoms with Crippen molar-refractivity contribution in [1.29, 1.82) is 0 Å². The fourth-order valence-electron chi connectivity index (χ4n) is 0. The molecule has 0 aromatic heterocycles. The van der Waals surface area contributed by atoms with E-state index in [0.29, 0.717) is 0 Å². The van der Waals surface area contributed by atoms with E-state index >= 15 is 0 Å². The molecular formula is Mn3NbO12. The Hall–Kier alpha value is 0.379. The van der Waals surface area contributed by atoms with E-state index in [1.807, 2.05) is 0 Å². The summed E-state index contributed by atoms with van der Waals surface area (Å²) in [6, 6.07) is 0. The molecule has 0 saturated heterocycles. The summed E-state index contributed by atoms with van der Waals surface area (Å²) in [7, 11) is 0. The molecular weight excluding hydrogens is 450 g/mol. The molecule has 0 aliphatic rings.